The highest BCUT2D eigenvalue weighted by atomic mass is 19.4. The predicted molar refractivity (Wildman–Crippen MR) is 95.2 cm³/mol. The second kappa shape index (κ2) is 9.06. The van der Waals surface area contributed by atoms with Crippen molar-refractivity contribution in [1.82, 2.24) is 0 Å². The van der Waals surface area contributed by atoms with E-state index in [1.54, 1.807) is 12.1 Å². The summed E-state index contributed by atoms with van der Waals surface area (Å²) < 4.78 is 40.2. The topological polar surface area (TPSA) is 43.1 Å². The Morgan fingerprint density at radius 2 is 1.40 bits per heavy atom. The molecular formula is C20H22F3NO. The normalized spacial score (nSPS) is 12.4. The number of allylic oxidation sites excluding steroid dienone is 1. The molecule has 1 atom stereocenters. The molecule has 0 radical (unpaired) electrons. The molecule has 0 aliphatic heterocycles. The summed E-state index contributed by atoms with van der Waals surface area (Å²) in [5, 5.41) is 0. The van der Waals surface area contributed by atoms with E-state index >= 15 is 0 Å². The van der Waals surface area contributed by atoms with Gasteiger partial charge in [0.05, 0.1) is 5.92 Å². The lowest BCUT2D eigenvalue weighted by Gasteiger charge is -2.18. The maximum atomic E-state index is 13.4. The van der Waals surface area contributed by atoms with Gasteiger partial charge < -0.3 is 5.73 Å². The first kappa shape index (κ1) is 20.5. The third-order valence-electron chi connectivity index (χ3n) is 3.51. The Hall–Kier alpha value is -2.56. The highest BCUT2D eigenvalue weighted by molar-refractivity contribution is 5.52. The number of alkyl halides is 3. The van der Waals surface area contributed by atoms with Crippen molar-refractivity contribution in [3.05, 3.63) is 76.4 Å². The average Bonchev–Trinajstić information content (AvgIpc) is 2.48. The summed E-state index contributed by atoms with van der Waals surface area (Å²) in [6, 6.07) is 12.5. The minimum atomic E-state index is -4.30. The number of hydrogen-bond acceptors (Lipinski definition) is 1. The minimum absolute atomic E-state index is 0.250. The highest BCUT2D eigenvalue weighted by Gasteiger charge is 2.38. The molecule has 2 nitrogen and oxygen atoms in total. The SMILES string of the molecule is Cc1ccc(/C=C/C(c2cc(C)cc(C)c2)C(F)(F)F)cc1.NC=O. The van der Waals surface area contributed by atoms with Crippen LogP contribution in [-0.4, -0.2) is 12.6 Å². The number of primary amides is 1. The van der Waals surface area contributed by atoms with Crippen LogP contribution in [0.3, 0.4) is 0 Å². The first-order chi connectivity index (χ1) is 11.7. The first-order valence-electron chi connectivity index (χ1n) is 7.72. The molecule has 2 aromatic rings. The highest BCUT2D eigenvalue weighted by Crippen LogP contribution is 2.37. The zero-order valence-electron chi connectivity index (χ0n) is 14.5. The zero-order chi connectivity index (χ0) is 19.0. The van der Waals surface area contributed by atoms with Gasteiger partial charge in [-0.25, -0.2) is 0 Å². The van der Waals surface area contributed by atoms with Crippen LogP contribution in [0.25, 0.3) is 6.08 Å². The Bertz CT molecular complexity index is 698. The monoisotopic (exact) mass is 349 g/mol. The Morgan fingerprint density at radius 1 is 0.920 bits per heavy atom. The Morgan fingerprint density at radius 3 is 1.84 bits per heavy atom. The molecule has 0 saturated heterocycles. The molecule has 0 aromatic heterocycles. The fourth-order valence-electron chi connectivity index (χ4n) is 2.48. The number of halogens is 3. The molecule has 0 aliphatic rings. The van der Waals surface area contributed by atoms with Crippen LogP contribution in [0.2, 0.25) is 0 Å². The van der Waals surface area contributed by atoms with Gasteiger partial charge in [0.15, 0.2) is 0 Å². The summed E-state index contributed by atoms with van der Waals surface area (Å²) in [6.45, 7) is 5.57. The minimum Gasteiger partial charge on any atom is -0.372 e. The van der Waals surface area contributed by atoms with Crippen LogP contribution in [0.4, 0.5) is 13.2 Å². The van der Waals surface area contributed by atoms with E-state index in [-0.39, 0.29) is 12.0 Å². The molecule has 25 heavy (non-hydrogen) atoms. The lowest BCUT2D eigenvalue weighted by atomic mass is 9.94. The molecule has 0 spiro atoms. The number of amides is 1. The number of aryl methyl sites for hydroxylation is 3. The van der Waals surface area contributed by atoms with Crippen LogP contribution in [0.1, 0.15) is 33.7 Å². The summed E-state index contributed by atoms with van der Waals surface area (Å²) in [5.74, 6) is -1.59. The standard InChI is InChI=1S/C19H19F3.CH3NO/c1-13-4-6-16(7-5-13)8-9-18(19(20,21)22)17-11-14(2)10-15(3)12-17;2-1-3/h4-12,18H,1-3H3;1H,(H2,2,3)/b9-8+;. The number of carbonyl (C=O) groups is 1. The van der Waals surface area contributed by atoms with Crippen molar-refractivity contribution < 1.29 is 18.0 Å². The second-order valence-corrected chi connectivity index (χ2v) is 5.85. The van der Waals surface area contributed by atoms with Crippen LogP contribution in [-0.2, 0) is 4.79 Å². The molecule has 2 aromatic carbocycles. The molecule has 5 heteroatoms. The first-order valence-corrected chi connectivity index (χ1v) is 7.72. The molecule has 0 saturated carbocycles. The Balaban J connectivity index is 0.000000970. The van der Waals surface area contributed by atoms with Gasteiger partial charge in [-0.05, 0) is 31.9 Å². The van der Waals surface area contributed by atoms with E-state index in [1.807, 2.05) is 51.1 Å². The third-order valence-corrected chi connectivity index (χ3v) is 3.51. The maximum Gasteiger partial charge on any atom is 0.399 e. The fourth-order valence-corrected chi connectivity index (χ4v) is 2.48. The van der Waals surface area contributed by atoms with Gasteiger partial charge in [-0.3, -0.25) is 4.79 Å². The summed E-state index contributed by atoms with van der Waals surface area (Å²) in [4.78, 5) is 8.58. The Labute approximate surface area is 146 Å². The maximum absolute atomic E-state index is 13.4. The number of nitrogens with two attached hydrogens (primary N) is 1. The van der Waals surface area contributed by atoms with Crippen molar-refractivity contribution in [3.63, 3.8) is 0 Å². The summed E-state index contributed by atoms with van der Waals surface area (Å²) >= 11 is 0. The van der Waals surface area contributed by atoms with E-state index in [9.17, 15) is 13.2 Å². The van der Waals surface area contributed by atoms with Crippen LogP contribution in [0.5, 0.6) is 0 Å². The number of hydrogen-bond donors (Lipinski definition) is 1. The van der Waals surface area contributed by atoms with Crippen molar-refractivity contribution in [2.24, 2.45) is 5.73 Å². The largest absolute Gasteiger partial charge is 0.399 e. The summed E-state index contributed by atoms with van der Waals surface area (Å²) in [6.07, 6.45) is -1.28. The average molecular weight is 349 g/mol. The van der Waals surface area contributed by atoms with E-state index in [0.717, 1.165) is 22.3 Å². The van der Waals surface area contributed by atoms with Crippen LogP contribution in [0, 0.1) is 20.8 Å². The molecule has 1 unspecified atom stereocenters. The van der Waals surface area contributed by atoms with Crippen LogP contribution >= 0.6 is 0 Å². The zero-order valence-corrected chi connectivity index (χ0v) is 14.5. The van der Waals surface area contributed by atoms with Crippen molar-refractivity contribution in [3.8, 4) is 0 Å². The molecule has 134 valence electrons. The van der Waals surface area contributed by atoms with Gasteiger partial charge in [-0.15, -0.1) is 0 Å². The van der Waals surface area contributed by atoms with Crippen molar-refractivity contribution >= 4 is 12.5 Å². The quantitative estimate of drug-likeness (QED) is 0.772. The molecule has 0 bridgehead atoms. The van der Waals surface area contributed by atoms with Crippen molar-refractivity contribution in [2.45, 2.75) is 32.9 Å². The van der Waals surface area contributed by atoms with E-state index in [4.69, 9.17) is 4.79 Å². The smallest absolute Gasteiger partial charge is 0.372 e. The van der Waals surface area contributed by atoms with Gasteiger partial charge >= 0.3 is 6.18 Å². The van der Waals surface area contributed by atoms with Crippen molar-refractivity contribution in [1.29, 1.82) is 0 Å². The lowest BCUT2D eigenvalue weighted by molar-refractivity contribution is -0.139. The van der Waals surface area contributed by atoms with Gasteiger partial charge in [-0.1, -0.05) is 71.3 Å². The van der Waals surface area contributed by atoms with E-state index < -0.39 is 12.1 Å². The molecular weight excluding hydrogens is 327 g/mol. The van der Waals surface area contributed by atoms with Crippen molar-refractivity contribution in [2.75, 3.05) is 0 Å². The summed E-state index contributed by atoms with van der Waals surface area (Å²) in [5.41, 5.74) is 7.98. The van der Waals surface area contributed by atoms with E-state index in [1.165, 1.54) is 12.2 Å². The molecule has 2 rings (SSSR count). The molecule has 0 heterocycles. The molecule has 0 fully saturated rings. The third kappa shape index (κ3) is 6.83. The van der Waals surface area contributed by atoms with Gasteiger partial charge in [-0.2, -0.15) is 13.2 Å². The lowest BCUT2D eigenvalue weighted by Crippen LogP contribution is -2.19. The molecule has 1 amide bonds. The van der Waals surface area contributed by atoms with Gasteiger partial charge in [0, 0.05) is 0 Å². The van der Waals surface area contributed by atoms with Crippen LogP contribution in [0.15, 0.2) is 48.5 Å². The molecule has 0 aliphatic carbocycles. The van der Waals surface area contributed by atoms with Gasteiger partial charge in [0.2, 0.25) is 6.41 Å². The second-order valence-electron chi connectivity index (χ2n) is 5.85. The summed E-state index contributed by atoms with van der Waals surface area (Å²) in [7, 11) is 0. The van der Waals surface area contributed by atoms with E-state index in [0.29, 0.717) is 0 Å². The van der Waals surface area contributed by atoms with Crippen LogP contribution < -0.4 is 5.73 Å². The number of benzene rings is 2. The van der Waals surface area contributed by atoms with E-state index in [2.05, 4.69) is 5.73 Å². The Kier molecular flexibility index (Phi) is 7.43. The van der Waals surface area contributed by atoms with Gasteiger partial charge in [0.1, 0.15) is 0 Å². The fraction of sp³-hybridized carbons (Fsp3) is 0.250. The number of carbonyl (C=O) groups excluding carboxylic acids is 1. The van der Waals surface area contributed by atoms with Gasteiger partial charge in [0.25, 0.3) is 0 Å². The molecule has 2 N–H and O–H groups in total. The predicted octanol–water partition coefficient (Wildman–Crippen LogP) is 5.07. The number of rotatable bonds is 3.